The minimum atomic E-state index is -0.0717. The van der Waals surface area contributed by atoms with Gasteiger partial charge in [0.2, 0.25) is 0 Å². The van der Waals surface area contributed by atoms with Crippen LogP contribution in [0.15, 0.2) is 0 Å². The van der Waals surface area contributed by atoms with Gasteiger partial charge in [-0.2, -0.15) is 0 Å². The fourth-order valence-electron chi connectivity index (χ4n) is 3.50. The molecular weight excluding hydrogens is 210 g/mol. The first-order valence-corrected chi connectivity index (χ1v) is 7.75. The van der Waals surface area contributed by atoms with Crippen LogP contribution in [0.3, 0.4) is 0 Å². The zero-order valence-electron chi connectivity index (χ0n) is 11.2. The molecule has 1 heterocycles. The van der Waals surface area contributed by atoms with E-state index in [0.29, 0.717) is 0 Å². The third-order valence-electron chi connectivity index (χ3n) is 4.50. The Morgan fingerprint density at radius 2 is 1.47 bits per heavy atom. The summed E-state index contributed by atoms with van der Waals surface area (Å²) in [4.78, 5) is 2.50. The first-order valence-electron chi connectivity index (χ1n) is 7.75. The van der Waals surface area contributed by atoms with E-state index in [1.165, 1.54) is 70.9 Å². The van der Waals surface area contributed by atoms with Crippen LogP contribution in [-0.4, -0.2) is 35.7 Å². The lowest BCUT2D eigenvalue weighted by atomic mass is 9.99. The highest BCUT2D eigenvalue weighted by Gasteiger charge is 2.20. The molecule has 0 aromatic carbocycles. The number of aliphatic hydroxyl groups is 1. The van der Waals surface area contributed by atoms with Gasteiger partial charge >= 0.3 is 0 Å². The molecule has 0 spiro atoms. The van der Waals surface area contributed by atoms with Crippen LogP contribution < -0.4 is 0 Å². The van der Waals surface area contributed by atoms with Gasteiger partial charge in [0.05, 0.1) is 6.10 Å². The molecule has 1 N–H and O–H groups in total. The summed E-state index contributed by atoms with van der Waals surface area (Å²) in [6.45, 7) is 3.35. The number of hydrogen-bond donors (Lipinski definition) is 1. The molecule has 0 aromatic heterocycles. The van der Waals surface area contributed by atoms with Crippen molar-refractivity contribution in [3.8, 4) is 0 Å². The van der Waals surface area contributed by atoms with Crippen molar-refractivity contribution < 1.29 is 5.11 Å². The standard InChI is InChI=1S/C15H29NO/c17-15(12-14-8-4-5-9-14)13-16-10-6-2-1-3-7-11-16/h14-15,17H,1-13H2. The van der Waals surface area contributed by atoms with Crippen LogP contribution >= 0.6 is 0 Å². The van der Waals surface area contributed by atoms with E-state index in [0.717, 1.165) is 18.9 Å². The summed E-state index contributed by atoms with van der Waals surface area (Å²) in [6.07, 6.45) is 13.3. The lowest BCUT2D eigenvalue weighted by Crippen LogP contribution is -2.35. The fraction of sp³-hybridized carbons (Fsp3) is 1.00. The van der Waals surface area contributed by atoms with Gasteiger partial charge in [-0.3, -0.25) is 0 Å². The van der Waals surface area contributed by atoms with E-state index in [9.17, 15) is 5.11 Å². The highest BCUT2D eigenvalue weighted by Crippen LogP contribution is 2.28. The molecule has 0 radical (unpaired) electrons. The van der Waals surface area contributed by atoms with Gasteiger partial charge in [-0.25, -0.2) is 0 Å². The summed E-state index contributed by atoms with van der Waals surface area (Å²) < 4.78 is 0. The Kier molecular flexibility index (Phi) is 5.79. The summed E-state index contributed by atoms with van der Waals surface area (Å²) in [6, 6.07) is 0. The van der Waals surface area contributed by atoms with Crippen molar-refractivity contribution in [1.29, 1.82) is 0 Å². The number of rotatable bonds is 4. The van der Waals surface area contributed by atoms with E-state index < -0.39 is 0 Å². The van der Waals surface area contributed by atoms with Gasteiger partial charge in [-0.15, -0.1) is 0 Å². The highest BCUT2D eigenvalue weighted by atomic mass is 16.3. The van der Waals surface area contributed by atoms with E-state index in [1.54, 1.807) is 0 Å². The van der Waals surface area contributed by atoms with Gasteiger partial charge in [0.1, 0.15) is 0 Å². The van der Waals surface area contributed by atoms with Crippen molar-refractivity contribution in [2.24, 2.45) is 5.92 Å². The molecule has 1 saturated heterocycles. The Labute approximate surface area is 106 Å². The monoisotopic (exact) mass is 239 g/mol. The minimum Gasteiger partial charge on any atom is -0.392 e. The predicted octanol–water partition coefficient (Wildman–Crippen LogP) is 3.19. The fourth-order valence-corrected chi connectivity index (χ4v) is 3.50. The summed E-state index contributed by atoms with van der Waals surface area (Å²) in [5.41, 5.74) is 0. The molecule has 2 heteroatoms. The number of hydrogen-bond acceptors (Lipinski definition) is 2. The molecule has 0 bridgehead atoms. The number of β-amino-alcohol motifs (C(OH)–C–C–N with tert-alkyl or cyclic N) is 1. The molecule has 100 valence electrons. The molecular formula is C15H29NO. The lowest BCUT2D eigenvalue weighted by molar-refractivity contribution is 0.0872. The van der Waals surface area contributed by atoms with Crippen LogP contribution in [0.4, 0.5) is 0 Å². The Morgan fingerprint density at radius 1 is 0.882 bits per heavy atom. The molecule has 2 aliphatic rings. The molecule has 0 amide bonds. The molecule has 0 aromatic rings. The van der Waals surface area contributed by atoms with E-state index in [4.69, 9.17) is 0 Å². The van der Waals surface area contributed by atoms with Crippen LogP contribution in [-0.2, 0) is 0 Å². The molecule has 1 unspecified atom stereocenters. The zero-order chi connectivity index (χ0) is 11.9. The SMILES string of the molecule is OC(CC1CCCC1)CN1CCCCCCC1. The summed E-state index contributed by atoms with van der Waals surface area (Å²) in [5, 5.41) is 10.2. The molecule has 1 saturated carbocycles. The van der Waals surface area contributed by atoms with Gasteiger partial charge in [-0.1, -0.05) is 44.9 Å². The first-order chi connectivity index (χ1) is 8.34. The molecule has 2 nitrogen and oxygen atoms in total. The maximum Gasteiger partial charge on any atom is 0.0669 e. The Hall–Kier alpha value is -0.0800. The Morgan fingerprint density at radius 3 is 2.12 bits per heavy atom. The van der Waals surface area contributed by atoms with Crippen LogP contribution in [0.2, 0.25) is 0 Å². The van der Waals surface area contributed by atoms with E-state index in [2.05, 4.69) is 4.90 Å². The van der Waals surface area contributed by atoms with E-state index >= 15 is 0 Å². The summed E-state index contributed by atoms with van der Waals surface area (Å²) in [5.74, 6) is 0.819. The van der Waals surface area contributed by atoms with Crippen LogP contribution in [0.1, 0.15) is 64.2 Å². The average molecular weight is 239 g/mol. The second-order valence-electron chi connectivity index (χ2n) is 6.11. The van der Waals surface area contributed by atoms with Gasteiger partial charge in [0.15, 0.2) is 0 Å². The van der Waals surface area contributed by atoms with Crippen molar-refractivity contribution >= 4 is 0 Å². The van der Waals surface area contributed by atoms with Crippen molar-refractivity contribution in [3.05, 3.63) is 0 Å². The normalized spacial score (nSPS) is 26.6. The van der Waals surface area contributed by atoms with Crippen molar-refractivity contribution in [2.75, 3.05) is 19.6 Å². The number of likely N-dealkylation sites (tertiary alicyclic amines) is 1. The third-order valence-corrected chi connectivity index (χ3v) is 4.50. The maximum atomic E-state index is 10.2. The van der Waals surface area contributed by atoms with E-state index in [-0.39, 0.29) is 6.10 Å². The van der Waals surface area contributed by atoms with Gasteiger partial charge in [0, 0.05) is 6.54 Å². The molecule has 17 heavy (non-hydrogen) atoms. The summed E-state index contributed by atoms with van der Waals surface area (Å²) >= 11 is 0. The number of aliphatic hydroxyl groups excluding tert-OH is 1. The van der Waals surface area contributed by atoms with Gasteiger partial charge in [0.25, 0.3) is 0 Å². The van der Waals surface area contributed by atoms with Crippen LogP contribution in [0, 0.1) is 5.92 Å². The Balaban J connectivity index is 1.66. The maximum absolute atomic E-state index is 10.2. The molecule has 1 atom stereocenters. The third kappa shape index (κ3) is 4.97. The Bertz CT molecular complexity index is 193. The second kappa shape index (κ2) is 7.38. The van der Waals surface area contributed by atoms with Crippen LogP contribution in [0.25, 0.3) is 0 Å². The number of nitrogens with zero attached hydrogens (tertiary/aromatic N) is 1. The predicted molar refractivity (Wildman–Crippen MR) is 72.1 cm³/mol. The van der Waals surface area contributed by atoms with E-state index in [1.807, 2.05) is 0 Å². The second-order valence-corrected chi connectivity index (χ2v) is 6.11. The van der Waals surface area contributed by atoms with Crippen molar-refractivity contribution in [3.63, 3.8) is 0 Å². The quantitative estimate of drug-likeness (QED) is 0.814. The average Bonchev–Trinajstić information content (AvgIpc) is 2.74. The molecule has 2 rings (SSSR count). The molecule has 2 fully saturated rings. The molecule has 1 aliphatic heterocycles. The largest absolute Gasteiger partial charge is 0.392 e. The lowest BCUT2D eigenvalue weighted by Gasteiger charge is -2.27. The van der Waals surface area contributed by atoms with Crippen molar-refractivity contribution in [1.82, 2.24) is 4.90 Å². The first kappa shape index (κ1) is 13.4. The topological polar surface area (TPSA) is 23.5 Å². The highest BCUT2D eigenvalue weighted by molar-refractivity contribution is 4.74. The van der Waals surface area contributed by atoms with Gasteiger partial charge in [-0.05, 0) is 38.3 Å². The van der Waals surface area contributed by atoms with Crippen LogP contribution in [0.5, 0.6) is 0 Å². The van der Waals surface area contributed by atoms with Gasteiger partial charge < -0.3 is 10.0 Å². The minimum absolute atomic E-state index is 0.0717. The van der Waals surface area contributed by atoms with Crippen molar-refractivity contribution in [2.45, 2.75) is 70.3 Å². The zero-order valence-corrected chi connectivity index (χ0v) is 11.2. The summed E-state index contributed by atoms with van der Waals surface area (Å²) in [7, 11) is 0. The smallest absolute Gasteiger partial charge is 0.0669 e. The molecule has 1 aliphatic carbocycles.